The van der Waals surface area contributed by atoms with Gasteiger partial charge in [-0.25, -0.2) is 4.39 Å². The van der Waals surface area contributed by atoms with Crippen LogP contribution in [0, 0.1) is 5.82 Å². The normalized spacial score (nSPS) is 34.7. The number of aliphatic hydroxyl groups is 5. The average Bonchev–Trinajstić information content (AvgIpc) is 3.60. The number of aliphatic hydroxyl groups excluding tert-OH is 4. The lowest BCUT2D eigenvalue weighted by Crippen LogP contribution is -2.67. The van der Waals surface area contributed by atoms with E-state index in [4.69, 9.17) is 29.4 Å². The molecule has 0 spiro atoms. The highest BCUT2D eigenvalue weighted by Crippen LogP contribution is 2.37. The van der Waals surface area contributed by atoms with Gasteiger partial charge in [0.2, 0.25) is 12.2 Å². The number of carbonyl (C=O) groups is 1. The van der Waals surface area contributed by atoms with Crippen molar-refractivity contribution < 1.29 is 58.4 Å². The molecule has 13 nitrogen and oxygen atoms in total. The van der Waals surface area contributed by atoms with Crippen LogP contribution in [-0.4, -0.2) is 106 Å². The van der Waals surface area contributed by atoms with Gasteiger partial charge >= 0.3 is 0 Å². The molecule has 2 saturated heterocycles. The van der Waals surface area contributed by atoms with E-state index in [2.05, 4.69) is 5.32 Å². The lowest BCUT2D eigenvalue weighted by molar-refractivity contribution is -0.155. The molecule has 1 amide bonds. The fraction of sp³-hybridized carbons (Fsp3) is 0.469. The predicted octanol–water partition coefficient (Wildman–Crippen LogP) is 0.375. The summed E-state index contributed by atoms with van der Waals surface area (Å²) < 4.78 is 41.0. The number of nitrogen functional groups attached to an aromatic ring is 1. The van der Waals surface area contributed by atoms with Crippen LogP contribution in [0.2, 0.25) is 0 Å². The molecule has 10 atom stereocenters. The minimum absolute atomic E-state index is 0.116. The van der Waals surface area contributed by atoms with Gasteiger partial charge in [0, 0.05) is 5.57 Å². The Morgan fingerprint density at radius 1 is 1.07 bits per heavy atom. The predicted molar refractivity (Wildman–Crippen MR) is 161 cm³/mol. The van der Waals surface area contributed by atoms with E-state index in [1.165, 1.54) is 56.3 Å². The molecule has 2 aromatic rings. The first-order chi connectivity index (χ1) is 21.8. The Balaban J connectivity index is 1.20. The number of hydrogen-bond acceptors (Lipinski definition) is 12. The van der Waals surface area contributed by atoms with Crippen molar-refractivity contribution in [1.29, 1.82) is 0 Å². The van der Waals surface area contributed by atoms with Gasteiger partial charge in [0.25, 0.3) is 0 Å². The van der Waals surface area contributed by atoms with Crippen LogP contribution in [0.5, 0.6) is 11.5 Å². The maximum Gasteiger partial charge on any atom is 0.247 e. The minimum Gasteiger partial charge on any atom is -0.490 e. The number of benzene rings is 2. The summed E-state index contributed by atoms with van der Waals surface area (Å²) in [4.78, 5) is 12.9. The molecule has 0 bridgehead atoms. The third-order valence-electron chi connectivity index (χ3n) is 8.46. The maximum absolute atomic E-state index is 13.1. The molecule has 0 unspecified atom stereocenters. The number of hydrogen-bond donors (Lipinski definition) is 7. The number of fused-ring (bicyclic) bond motifs is 1. The Labute approximate surface area is 264 Å². The average molecular weight is 647 g/mol. The van der Waals surface area contributed by atoms with Crippen molar-refractivity contribution in [3.8, 4) is 11.5 Å². The fourth-order valence-corrected chi connectivity index (χ4v) is 5.63. The molecule has 5 rings (SSSR count). The van der Waals surface area contributed by atoms with E-state index in [0.717, 1.165) is 0 Å². The zero-order valence-corrected chi connectivity index (χ0v) is 25.4. The van der Waals surface area contributed by atoms with Crippen LogP contribution in [0.3, 0.4) is 0 Å². The Kier molecular flexibility index (Phi) is 10.0. The number of carbonyl (C=O) groups excluding carboxylic acids is 1. The molecule has 2 heterocycles. The van der Waals surface area contributed by atoms with Crippen molar-refractivity contribution in [2.24, 2.45) is 0 Å². The quantitative estimate of drug-likeness (QED) is 0.112. The van der Waals surface area contributed by atoms with E-state index in [1.807, 2.05) is 0 Å². The smallest absolute Gasteiger partial charge is 0.247 e. The van der Waals surface area contributed by atoms with E-state index in [-0.39, 0.29) is 36.2 Å². The number of nitrogens with two attached hydrogens (primary N) is 1. The summed E-state index contributed by atoms with van der Waals surface area (Å²) >= 11 is 0. The van der Waals surface area contributed by atoms with E-state index in [1.54, 1.807) is 19.1 Å². The van der Waals surface area contributed by atoms with Crippen molar-refractivity contribution in [2.45, 2.75) is 81.4 Å². The molecule has 8 N–H and O–H groups in total. The van der Waals surface area contributed by atoms with Crippen LogP contribution in [0.4, 0.5) is 10.1 Å². The Hall–Kier alpha value is -3.60. The Morgan fingerprint density at radius 2 is 1.74 bits per heavy atom. The number of nitrogens with one attached hydrogen (secondary N) is 1. The molecule has 250 valence electrons. The van der Waals surface area contributed by atoms with Gasteiger partial charge in [-0.1, -0.05) is 6.07 Å². The van der Waals surface area contributed by atoms with Gasteiger partial charge in [-0.15, -0.1) is 0 Å². The highest BCUT2D eigenvalue weighted by Gasteiger charge is 2.55. The van der Waals surface area contributed by atoms with Gasteiger partial charge in [0.1, 0.15) is 73.4 Å². The summed E-state index contributed by atoms with van der Waals surface area (Å²) in [5.74, 6) is -0.359. The van der Waals surface area contributed by atoms with Crippen molar-refractivity contribution in [1.82, 2.24) is 5.32 Å². The molecular weight excluding hydrogens is 607 g/mol. The van der Waals surface area contributed by atoms with E-state index in [0.29, 0.717) is 16.9 Å². The highest BCUT2D eigenvalue weighted by molar-refractivity contribution is 5.97. The third kappa shape index (κ3) is 6.89. The molecule has 0 radical (unpaired) electrons. The van der Waals surface area contributed by atoms with Crippen molar-refractivity contribution in [3.63, 3.8) is 0 Å². The number of rotatable bonds is 9. The van der Waals surface area contributed by atoms with E-state index < -0.39 is 66.6 Å². The number of ether oxygens (including phenoxy) is 5. The molecule has 0 aromatic heterocycles. The molecule has 2 aromatic carbocycles. The molecule has 2 aliphatic heterocycles. The van der Waals surface area contributed by atoms with Gasteiger partial charge in [0.15, 0.2) is 5.60 Å². The van der Waals surface area contributed by atoms with Crippen molar-refractivity contribution in [2.75, 3.05) is 19.1 Å². The third-order valence-corrected chi connectivity index (χ3v) is 8.46. The standard InChI is InChI=1S/C32H39FN2O11/c1-15(10-11-42-19-7-5-18(33)6-8-19)26-29(39)32(3,41)31(46-26)45-21-9-4-17(13-20(21)34)12-16(2)30(40)35-22-23(36)25(38)28-27(24(22)37)43-14-44-28/h4-10,12-13,22-29,31,36-39,41H,11,14,34H2,1-3H3,(H,35,40)/b15-10-,16-12+/t22-,23+,24-,25-,26-,27+,28-,29-,31-,32+/m1/s1. The van der Waals surface area contributed by atoms with Gasteiger partial charge in [0.05, 0.1) is 11.7 Å². The lowest BCUT2D eigenvalue weighted by Gasteiger charge is -2.41. The summed E-state index contributed by atoms with van der Waals surface area (Å²) in [7, 11) is 0. The Bertz CT molecular complexity index is 1470. The Morgan fingerprint density at radius 3 is 2.41 bits per heavy atom. The number of anilines is 1. The summed E-state index contributed by atoms with van der Waals surface area (Å²) in [5, 5.41) is 55.9. The molecule has 3 aliphatic rings. The second-order valence-corrected chi connectivity index (χ2v) is 11.9. The van der Waals surface area contributed by atoms with Crippen LogP contribution in [0.15, 0.2) is 59.7 Å². The van der Waals surface area contributed by atoms with Gasteiger partial charge in [-0.2, -0.15) is 0 Å². The molecule has 1 saturated carbocycles. The van der Waals surface area contributed by atoms with Crippen LogP contribution in [-0.2, 0) is 19.0 Å². The first-order valence-electron chi connectivity index (χ1n) is 14.7. The van der Waals surface area contributed by atoms with Gasteiger partial charge < -0.3 is 60.3 Å². The van der Waals surface area contributed by atoms with Crippen LogP contribution < -0.4 is 20.5 Å². The molecule has 3 fully saturated rings. The monoisotopic (exact) mass is 646 g/mol. The first-order valence-corrected chi connectivity index (χ1v) is 14.7. The minimum atomic E-state index is -1.81. The highest BCUT2D eigenvalue weighted by atomic mass is 19.1. The van der Waals surface area contributed by atoms with Crippen molar-refractivity contribution in [3.05, 3.63) is 71.1 Å². The zero-order chi connectivity index (χ0) is 33.3. The largest absolute Gasteiger partial charge is 0.490 e. The topological polar surface area (TPSA) is 202 Å². The molecule has 46 heavy (non-hydrogen) atoms. The SMILES string of the molecule is C/C(=C/COc1ccc(F)cc1)[C@H]1O[C@@H](Oc2ccc(/C=C(\C)C(=O)N[C@@H]3[C@H](O)[C@@H](O)[C@H]4OCO[C@H]4[C@@H]3O)cc2N)[C@@](C)(O)[C@@H]1O. The molecule has 1 aliphatic carbocycles. The second kappa shape index (κ2) is 13.6. The lowest BCUT2D eigenvalue weighted by atomic mass is 9.83. The van der Waals surface area contributed by atoms with Gasteiger partial charge in [-0.05, 0) is 80.5 Å². The van der Waals surface area contributed by atoms with Gasteiger partial charge in [-0.3, -0.25) is 4.79 Å². The maximum atomic E-state index is 13.1. The van der Waals surface area contributed by atoms with Crippen LogP contribution >= 0.6 is 0 Å². The van der Waals surface area contributed by atoms with E-state index in [9.17, 15) is 34.7 Å². The van der Waals surface area contributed by atoms with Crippen LogP contribution in [0.25, 0.3) is 6.08 Å². The molecule has 14 heteroatoms. The summed E-state index contributed by atoms with van der Waals surface area (Å²) in [6, 6.07) is 9.00. The zero-order valence-electron chi connectivity index (χ0n) is 25.4. The van der Waals surface area contributed by atoms with E-state index >= 15 is 0 Å². The molecular formula is C32H39FN2O11. The fourth-order valence-electron chi connectivity index (χ4n) is 5.63. The summed E-state index contributed by atoms with van der Waals surface area (Å²) in [5.41, 5.74) is 5.88. The summed E-state index contributed by atoms with van der Waals surface area (Å²) in [6.45, 7) is 4.59. The number of halogens is 1. The first kappa shape index (κ1) is 33.8. The van der Waals surface area contributed by atoms with Crippen molar-refractivity contribution >= 4 is 17.7 Å². The summed E-state index contributed by atoms with van der Waals surface area (Å²) in [6.07, 6.45) is -6.30. The van der Waals surface area contributed by atoms with Crippen LogP contribution in [0.1, 0.15) is 26.3 Å². The number of amides is 1. The second-order valence-electron chi connectivity index (χ2n) is 11.9.